The molecule has 2 rings (SSSR count). The molecule has 35 heavy (non-hydrogen) atoms. The van der Waals surface area contributed by atoms with Crippen LogP contribution in [-0.2, 0) is 29.9 Å². The number of thioether (sulfide) groups is 1. The lowest BCUT2D eigenvalue weighted by atomic mass is 9.97. The Morgan fingerprint density at radius 2 is 1.66 bits per heavy atom. The molecule has 0 aliphatic rings. The van der Waals surface area contributed by atoms with Crippen molar-refractivity contribution in [2.75, 3.05) is 18.5 Å². The summed E-state index contributed by atoms with van der Waals surface area (Å²) in [5.41, 5.74) is 8.90. The van der Waals surface area contributed by atoms with Crippen molar-refractivity contribution in [2.24, 2.45) is 11.7 Å². The summed E-state index contributed by atoms with van der Waals surface area (Å²) in [7, 11) is -3.48. The second kappa shape index (κ2) is 13.6. The smallest absolute Gasteiger partial charge is 0.325 e. The molecule has 0 bridgehead atoms. The summed E-state index contributed by atoms with van der Waals surface area (Å²) >= 11 is 1.05. The van der Waals surface area contributed by atoms with Gasteiger partial charge >= 0.3 is 5.97 Å². The van der Waals surface area contributed by atoms with Gasteiger partial charge in [0.05, 0.1) is 18.3 Å². The summed E-state index contributed by atoms with van der Waals surface area (Å²) in [6.07, 6.45) is 0.0868. The molecule has 0 aromatic heterocycles. The number of carboxylic acids is 1. The van der Waals surface area contributed by atoms with E-state index in [9.17, 15) is 24.1 Å². The maximum Gasteiger partial charge on any atom is 0.325 e. The van der Waals surface area contributed by atoms with Crippen molar-refractivity contribution < 1.29 is 28.6 Å². The normalized spacial score (nSPS) is 15.4. The van der Waals surface area contributed by atoms with Gasteiger partial charge in [-0.3, -0.25) is 18.9 Å². The van der Waals surface area contributed by atoms with E-state index in [4.69, 9.17) is 10.3 Å². The third kappa shape index (κ3) is 9.26. The predicted octanol–water partition coefficient (Wildman–Crippen LogP) is 3.98. The standard InChI is InChI=1S/C25H33N2O6PS/c1-17(25(30)31)27-24(29)23(16-34(32,18(2)26)33-13-14-35-19(3)28)15-20-9-11-22(12-10-20)21-7-5-4-6-8-21/h4-12,17-18,23H,13-16,26H2,1-3H3,(H,27,29)(H,30,31)/t17-,18+,23+,34?/m0/s1. The van der Waals surface area contributed by atoms with E-state index in [1.54, 1.807) is 6.92 Å². The molecule has 1 amide bonds. The Labute approximate surface area is 210 Å². The Morgan fingerprint density at radius 3 is 2.20 bits per heavy atom. The molecule has 0 heterocycles. The van der Waals surface area contributed by atoms with Crippen molar-refractivity contribution in [1.82, 2.24) is 5.32 Å². The van der Waals surface area contributed by atoms with E-state index < -0.39 is 37.0 Å². The first-order chi connectivity index (χ1) is 16.5. The van der Waals surface area contributed by atoms with Crippen LogP contribution in [0.1, 0.15) is 26.3 Å². The van der Waals surface area contributed by atoms with Crippen LogP contribution in [0.2, 0.25) is 0 Å². The van der Waals surface area contributed by atoms with Crippen molar-refractivity contribution >= 4 is 36.1 Å². The zero-order valence-electron chi connectivity index (χ0n) is 20.2. The average Bonchev–Trinajstić information content (AvgIpc) is 2.82. The van der Waals surface area contributed by atoms with Gasteiger partial charge in [-0.1, -0.05) is 66.4 Å². The Balaban J connectivity index is 2.23. The number of hydrogen-bond acceptors (Lipinski definition) is 7. The molecule has 190 valence electrons. The van der Waals surface area contributed by atoms with Crippen LogP contribution in [-0.4, -0.2) is 52.4 Å². The van der Waals surface area contributed by atoms with Gasteiger partial charge in [-0.25, -0.2) is 0 Å². The number of carbonyl (C=O) groups excluding carboxylic acids is 2. The van der Waals surface area contributed by atoms with Crippen LogP contribution in [0, 0.1) is 5.92 Å². The van der Waals surface area contributed by atoms with Crippen LogP contribution in [0.4, 0.5) is 0 Å². The van der Waals surface area contributed by atoms with E-state index in [0.29, 0.717) is 5.75 Å². The zero-order chi connectivity index (χ0) is 26.0. The van der Waals surface area contributed by atoms with Crippen molar-refractivity contribution in [3.63, 3.8) is 0 Å². The lowest BCUT2D eigenvalue weighted by molar-refractivity contribution is -0.141. The van der Waals surface area contributed by atoms with Crippen molar-refractivity contribution in [1.29, 1.82) is 0 Å². The molecule has 0 fully saturated rings. The van der Waals surface area contributed by atoms with Crippen LogP contribution in [0.25, 0.3) is 11.1 Å². The van der Waals surface area contributed by atoms with Crippen LogP contribution >= 0.6 is 19.1 Å². The molecule has 0 spiro atoms. The molecule has 2 aromatic carbocycles. The molecular weight excluding hydrogens is 487 g/mol. The van der Waals surface area contributed by atoms with Crippen LogP contribution in [0.3, 0.4) is 0 Å². The van der Waals surface area contributed by atoms with E-state index in [1.807, 2.05) is 54.6 Å². The minimum atomic E-state index is -3.48. The van der Waals surface area contributed by atoms with Crippen molar-refractivity contribution in [3.8, 4) is 11.1 Å². The summed E-state index contributed by atoms with van der Waals surface area (Å²) in [5, 5.41) is 11.6. The number of benzene rings is 2. The van der Waals surface area contributed by atoms with E-state index in [2.05, 4.69) is 5.32 Å². The Hall–Kier alpha value is -2.45. The highest BCUT2D eigenvalue weighted by Gasteiger charge is 2.35. The Morgan fingerprint density at radius 1 is 1.06 bits per heavy atom. The molecule has 0 saturated heterocycles. The maximum absolute atomic E-state index is 13.6. The van der Waals surface area contributed by atoms with Crippen LogP contribution < -0.4 is 11.1 Å². The van der Waals surface area contributed by atoms with Crippen molar-refractivity contribution in [2.45, 2.75) is 39.0 Å². The number of aliphatic carboxylic acids is 1. The van der Waals surface area contributed by atoms with Gasteiger partial charge in [0.25, 0.3) is 0 Å². The average molecular weight is 521 g/mol. The van der Waals surface area contributed by atoms with Gasteiger partial charge in [0, 0.05) is 18.8 Å². The highest BCUT2D eigenvalue weighted by atomic mass is 32.2. The lowest BCUT2D eigenvalue weighted by Crippen LogP contribution is -2.43. The first kappa shape index (κ1) is 28.8. The summed E-state index contributed by atoms with van der Waals surface area (Å²) < 4.78 is 19.2. The quantitative estimate of drug-likeness (QED) is 0.267. The lowest BCUT2D eigenvalue weighted by Gasteiger charge is -2.27. The number of carbonyl (C=O) groups is 3. The number of amides is 1. The number of nitrogens with one attached hydrogen (secondary N) is 1. The topological polar surface area (TPSA) is 136 Å². The fraction of sp³-hybridized carbons (Fsp3) is 0.400. The summed E-state index contributed by atoms with van der Waals surface area (Å²) in [5.74, 6) is -3.04. The molecule has 0 saturated carbocycles. The minimum Gasteiger partial charge on any atom is -0.480 e. The summed E-state index contributed by atoms with van der Waals surface area (Å²) in [6, 6.07) is 16.4. The van der Waals surface area contributed by atoms with Gasteiger partial charge in [0.2, 0.25) is 13.3 Å². The van der Waals surface area contributed by atoms with Gasteiger partial charge in [-0.2, -0.15) is 0 Å². The largest absolute Gasteiger partial charge is 0.480 e. The highest BCUT2D eigenvalue weighted by molar-refractivity contribution is 8.13. The van der Waals surface area contributed by atoms with Gasteiger partial charge in [-0.15, -0.1) is 0 Å². The fourth-order valence-corrected chi connectivity index (χ4v) is 5.96. The monoisotopic (exact) mass is 520 g/mol. The predicted molar refractivity (Wildman–Crippen MR) is 140 cm³/mol. The van der Waals surface area contributed by atoms with Gasteiger partial charge in [0.15, 0.2) is 5.12 Å². The van der Waals surface area contributed by atoms with Gasteiger partial charge in [0.1, 0.15) is 6.04 Å². The first-order valence-electron chi connectivity index (χ1n) is 11.3. The molecular formula is C25H33N2O6PS. The van der Waals surface area contributed by atoms with E-state index in [0.717, 1.165) is 28.5 Å². The SMILES string of the molecule is CC(=O)SCCOP(=O)(C[C@@H](Cc1ccc(-c2ccccc2)cc1)C(=O)N[C@@H](C)C(=O)O)[C@H](C)N. The maximum atomic E-state index is 13.6. The molecule has 4 N–H and O–H groups in total. The molecule has 2 aromatic rings. The Kier molecular flexibility index (Phi) is 11.2. The second-order valence-electron chi connectivity index (χ2n) is 8.36. The van der Waals surface area contributed by atoms with Crippen LogP contribution in [0.5, 0.6) is 0 Å². The minimum absolute atomic E-state index is 0.0503. The molecule has 0 radical (unpaired) electrons. The van der Waals surface area contributed by atoms with E-state index >= 15 is 0 Å². The number of carboxylic acid groups (broad SMARTS) is 1. The third-order valence-electron chi connectivity index (χ3n) is 5.44. The van der Waals surface area contributed by atoms with Crippen molar-refractivity contribution in [3.05, 3.63) is 60.2 Å². The third-order valence-corrected chi connectivity index (χ3v) is 9.02. The zero-order valence-corrected chi connectivity index (χ0v) is 21.9. The molecule has 1 unspecified atom stereocenters. The number of nitrogens with two attached hydrogens (primary N) is 1. The Bertz CT molecular complexity index is 1050. The summed E-state index contributed by atoms with van der Waals surface area (Å²) in [4.78, 5) is 35.5. The van der Waals surface area contributed by atoms with Gasteiger partial charge < -0.3 is 20.7 Å². The fourth-order valence-electron chi connectivity index (χ4n) is 3.40. The van der Waals surface area contributed by atoms with Crippen LogP contribution in [0.15, 0.2) is 54.6 Å². The highest BCUT2D eigenvalue weighted by Crippen LogP contribution is 2.51. The molecule has 8 nitrogen and oxygen atoms in total. The number of hydrogen-bond donors (Lipinski definition) is 3. The van der Waals surface area contributed by atoms with Gasteiger partial charge in [-0.05, 0) is 37.0 Å². The second-order valence-corrected chi connectivity index (χ2v) is 12.5. The molecule has 0 aliphatic carbocycles. The molecule has 10 heteroatoms. The number of rotatable bonds is 13. The van der Waals surface area contributed by atoms with E-state index in [1.165, 1.54) is 13.8 Å². The van der Waals surface area contributed by atoms with E-state index in [-0.39, 0.29) is 24.3 Å². The molecule has 4 atom stereocenters. The summed E-state index contributed by atoms with van der Waals surface area (Å²) in [6.45, 7) is 4.41. The first-order valence-corrected chi connectivity index (χ1v) is 14.2. The molecule has 0 aliphatic heterocycles.